The number of alkyl halides is 3. The van der Waals surface area contributed by atoms with E-state index >= 15 is 0 Å². The van der Waals surface area contributed by atoms with Gasteiger partial charge in [-0.3, -0.25) is 4.99 Å². The highest BCUT2D eigenvalue weighted by Gasteiger charge is 2.33. The second kappa shape index (κ2) is 8.50. The van der Waals surface area contributed by atoms with Crippen LogP contribution in [0.4, 0.5) is 17.6 Å². The molecule has 142 valence electrons. The largest absolute Gasteiger partial charge is 0.416 e. The van der Waals surface area contributed by atoms with Crippen LogP contribution < -0.4 is 10.6 Å². The lowest BCUT2D eigenvalue weighted by molar-refractivity contribution is -0.138. The van der Waals surface area contributed by atoms with E-state index in [4.69, 9.17) is 0 Å². The van der Waals surface area contributed by atoms with Gasteiger partial charge in [0.25, 0.3) is 0 Å². The minimum absolute atomic E-state index is 0.0195. The predicted octanol–water partition coefficient (Wildman–Crippen LogP) is 2.33. The van der Waals surface area contributed by atoms with Crippen molar-refractivity contribution in [1.82, 2.24) is 10.6 Å². The van der Waals surface area contributed by atoms with E-state index in [-0.39, 0.29) is 29.9 Å². The van der Waals surface area contributed by atoms with Gasteiger partial charge in [-0.2, -0.15) is 13.2 Å². The third-order valence-electron chi connectivity index (χ3n) is 3.35. The van der Waals surface area contributed by atoms with Crippen LogP contribution in [-0.4, -0.2) is 39.5 Å². The first kappa shape index (κ1) is 21.2. The molecule has 0 heterocycles. The van der Waals surface area contributed by atoms with Crippen molar-refractivity contribution < 1.29 is 26.0 Å². The van der Waals surface area contributed by atoms with Crippen molar-refractivity contribution in [2.45, 2.75) is 32.1 Å². The molecule has 0 aliphatic heterocycles. The number of benzene rings is 1. The van der Waals surface area contributed by atoms with Crippen molar-refractivity contribution in [3.05, 3.63) is 35.1 Å². The number of hydrogen-bond acceptors (Lipinski definition) is 3. The first-order valence-electron chi connectivity index (χ1n) is 7.43. The molecular weight excluding hydrogens is 362 g/mol. The normalized spacial score (nSPS) is 14.3. The van der Waals surface area contributed by atoms with Crippen LogP contribution in [0, 0.1) is 5.82 Å². The Labute approximate surface area is 144 Å². The van der Waals surface area contributed by atoms with Gasteiger partial charge in [-0.15, -0.1) is 0 Å². The van der Waals surface area contributed by atoms with Gasteiger partial charge in [0.15, 0.2) is 5.96 Å². The average Bonchev–Trinajstić information content (AvgIpc) is 2.48. The molecule has 1 rings (SSSR count). The van der Waals surface area contributed by atoms with E-state index in [2.05, 4.69) is 15.6 Å². The molecule has 1 atom stereocenters. The Bertz CT molecular complexity index is 718. The lowest BCUT2D eigenvalue weighted by Gasteiger charge is -2.19. The number of guanidine groups is 1. The number of hydrogen-bond donors (Lipinski definition) is 2. The third kappa shape index (κ3) is 7.72. The lowest BCUT2D eigenvalue weighted by Crippen LogP contribution is -2.42. The number of aliphatic imine (C=N–C) groups is 1. The van der Waals surface area contributed by atoms with E-state index in [0.29, 0.717) is 12.5 Å². The van der Waals surface area contributed by atoms with E-state index in [9.17, 15) is 26.0 Å². The zero-order valence-corrected chi connectivity index (χ0v) is 14.9. The summed E-state index contributed by atoms with van der Waals surface area (Å²) in [5, 5.41) is 5.61. The Morgan fingerprint density at radius 2 is 1.96 bits per heavy atom. The Morgan fingerprint density at radius 3 is 2.48 bits per heavy atom. The van der Waals surface area contributed by atoms with E-state index in [1.165, 1.54) is 7.05 Å². The summed E-state index contributed by atoms with van der Waals surface area (Å²) in [6.45, 7) is 1.52. The first-order chi connectivity index (χ1) is 11.4. The van der Waals surface area contributed by atoms with Gasteiger partial charge in [0.1, 0.15) is 15.7 Å². The molecule has 0 saturated heterocycles. The second-order valence-electron chi connectivity index (χ2n) is 5.69. The molecular formula is C15H21F4N3O2S. The highest BCUT2D eigenvalue weighted by atomic mass is 32.2. The lowest BCUT2D eigenvalue weighted by atomic mass is 10.1. The van der Waals surface area contributed by atoms with Crippen molar-refractivity contribution in [1.29, 1.82) is 0 Å². The zero-order valence-electron chi connectivity index (χ0n) is 14.1. The molecule has 10 heteroatoms. The summed E-state index contributed by atoms with van der Waals surface area (Å²) in [5.74, 6) is -0.764. The van der Waals surface area contributed by atoms with Gasteiger partial charge in [-0.05, 0) is 31.0 Å². The number of halogens is 4. The molecule has 0 aromatic heterocycles. The topological polar surface area (TPSA) is 70.6 Å². The fourth-order valence-electron chi connectivity index (χ4n) is 2.04. The van der Waals surface area contributed by atoms with E-state index in [1.54, 1.807) is 6.92 Å². The molecule has 1 aromatic carbocycles. The minimum atomic E-state index is -4.67. The van der Waals surface area contributed by atoms with Crippen LogP contribution in [0.15, 0.2) is 23.2 Å². The van der Waals surface area contributed by atoms with Gasteiger partial charge in [0.2, 0.25) is 0 Å². The highest BCUT2D eigenvalue weighted by molar-refractivity contribution is 7.90. The van der Waals surface area contributed by atoms with Crippen LogP contribution in [0.25, 0.3) is 0 Å². The summed E-state index contributed by atoms with van der Waals surface area (Å²) in [6.07, 6.45) is -3.22. The van der Waals surface area contributed by atoms with Crippen LogP contribution in [0.2, 0.25) is 0 Å². The maximum absolute atomic E-state index is 13.1. The van der Waals surface area contributed by atoms with Crippen molar-refractivity contribution in [3.63, 3.8) is 0 Å². The van der Waals surface area contributed by atoms with Gasteiger partial charge in [-0.1, -0.05) is 6.07 Å². The molecule has 0 fully saturated rings. The standard InChI is InChI=1S/C15H21F4N3O2S/c1-10(6-7-25(3,23)24)22-14(20-2)21-9-11-4-5-12(16)8-13(11)15(17,18)19/h4-5,8,10H,6-7,9H2,1-3H3,(H2,20,21,22). The number of rotatable bonds is 6. The molecule has 2 N–H and O–H groups in total. The SMILES string of the molecule is CN=C(NCc1ccc(F)cc1C(F)(F)F)NC(C)CCS(C)(=O)=O. The molecule has 1 aromatic rings. The summed E-state index contributed by atoms with van der Waals surface area (Å²) in [7, 11) is -1.67. The Hall–Kier alpha value is -1.84. The monoisotopic (exact) mass is 383 g/mol. The first-order valence-corrected chi connectivity index (χ1v) is 9.49. The van der Waals surface area contributed by atoms with Crippen molar-refractivity contribution in [3.8, 4) is 0 Å². The summed E-state index contributed by atoms with van der Waals surface area (Å²) in [6, 6.07) is 2.21. The van der Waals surface area contributed by atoms with E-state index in [1.807, 2.05) is 0 Å². The quantitative estimate of drug-likeness (QED) is 0.449. The Kier molecular flexibility index (Phi) is 7.21. The summed E-state index contributed by atoms with van der Waals surface area (Å²) < 4.78 is 74.3. The zero-order chi connectivity index (χ0) is 19.3. The predicted molar refractivity (Wildman–Crippen MR) is 88.5 cm³/mol. The van der Waals surface area contributed by atoms with E-state index in [0.717, 1.165) is 18.4 Å². The third-order valence-corrected chi connectivity index (χ3v) is 4.33. The molecule has 0 radical (unpaired) electrons. The molecule has 0 saturated carbocycles. The smallest absolute Gasteiger partial charge is 0.354 e. The summed E-state index contributed by atoms with van der Waals surface area (Å²) in [4.78, 5) is 3.89. The molecule has 5 nitrogen and oxygen atoms in total. The maximum Gasteiger partial charge on any atom is 0.416 e. The summed E-state index contributed by atoms with van der Waals surface area (Å²) >= 11 is 0. The number of sulfone groups is 1. The maximum atomic E-state index is 13.1. The average molecular weight is 383 g/mol. The molecule has 1 unspecified atom stereocenters. The van der Waals surface area contributed by atoms with Crippen LogP contribution in [-0.2, 0) is 22.6 Å². The fourth-order valence-corrected chi connectivity index (χ4v) is 2.82. The van der Waals surface area contributed by atoms with Gasteiger partial charge in [0.05, 0.1) is 11.3 Å². The van der Waals surface area contributed by atoms with Gasteiger partial charge < -0.3 is 10.6 Å². The Balaban J connectivity index is 2.73. The van der Waals surface area contributed by atoms with E-state index < -0.39 is 27.4 Å². The summed E-state index contributed by atoms with van der Waals surface area (Å²) in [5.41, 5.74) is -1.18. The fraction of sp³-hybridized carbons (Fsp3) is 0.533. The van der Waals surface area contributed by atoms with Gasteiger partial charge >= 0.3 is 6.18 Å². The molecule has 0 amide bonds. The number of nitrogens with zero attached hydrogens (tertiary/aromatic N) is 1. The molecule has 25 heavy (non-hydrogen) atoms. The van der Waals surface area contributed by atoms with Crippen LogP contribution in [0.1, 0.15) is 24.5 Å². The number of nitrogens with one attached hydrogen (secondary N) is 2. The highest BCUT2D eigenvalue weighted by Crippen LogP contribution is 2.32. The second-order valence-corrected chi connectivity index (χ2v) is 7.95. The molecule has 0 aliphatic carbocycles. The van der Waals surface area contributed by atoms with Crippen molar-refractivity contribution in [2.75, 3.05) is 19.1 Å². The van der Waals surface area contributed by atoms with Gasteiger partial charge in [0, 0.05) is 25.9 Å². The van der Waals surface area contributed by atoms with Crippen LogP contribution in [0.5, 0.6) is 0 Å². The van der Waals surface area contributed by atoms with Crippen molar-refractivity contribution >= 4 is 15.8 Å². The van der Waals surface area contributed by atoms with Gasteiger partial charge in [-0.25, -0.2) is 12.8 Å². The molecule has 0 spiro atoms. The Morgan fingerprint density at radius 1 is 1.32 bits per heavy atom. The molecule has 0 aliphatic rings. The minimum Gasteiger partial charge on any atom is -0.354 e. The van der Waals surface area contributed by atoms with Crippen molar-refractivity contribution in [2.24, 2.45) is 4.99 Å². The van der Waals surface area contributed by atoms with Crippen LogP contribution >= 0.6 is 0 Å². The molecule has 0 bridgehead atoms. The van der Waals surface area contributed by atoms with Crippen LogP contribution in [0.3, 0.4) is 0 Å².